The Kier molecular flexibility index (Phi) is 4.44. The summed E-state index contributed by atoms with van der Waals surface area (Å²) in [7, 11) is 0. The van der Waals surface area contributed by atoms with Crippen molar-refractivity contribution >= 4 is 11.6 Å². The van der Waals surface area contributed by atoms with E-state index in [1.54, 1.807) is 19.1 Å². The second kappa shape index (κ2) is 6.50. The van der Waals surface area contributed by atoms with Crippen LogP contribution in [0.2, 0.25) is 0 Å². The molecular formula is C19H22FN2O+. The summed E-state index contributed by atoms with van der Waals surface area (Å²) >= 11 is 0. The first-order chi connectivity index (χ1) is 11.0. The van der Waals surface area contributed by atoms with Crippen molar-refractivity contribution in [2.75, 3.05) is 11.9 Å². The highest BCUT2D eigenvalue weighted by Gasteiger charge is 2.28. The van der Waals surface area contributed by atoms with E-state index in [1.807, 2.05) is 13.0 Å². The molecule has 120 valence electrons. The molecule has 3 nitrogen and oxygen atoms in total. The van der Waals surface area contributed by atoms with Crippen LogP contribution in [0.25, 0.3) is 0 Å². The van der Waals surface area contributed by atoms with Gasteiger partial charge in [0, 0.05) is 17.7 Å². The maximum absolute atomic E-state index is 13.6. The van der Waals surface area contributed by atoms with Crippen molar-refractivity contribution in [3.8, 4) is 0 Å². The standard InChI is InChI=1S/C19H21FN2O/c1-13-7-8-17(11-18(13)20)21-19(23)14(2)22-10-9-15-5-3-4-6-16(15)12-22/h3-8,11,14H,9-10,12H2,1-2H3,(H,21,23)/p+1/t14-/m1/s1. The molecule has 23 heavy (non-hydrogen) atoms. The Morgan fingerprint density at radius 3 is 2.70 bits per heavy atom. The molecule has 1 aliphatic heterocycles. The number of rotatable bonds is 3. The molecule has 2 aromatic rings. The van der Waals surface area contributed by atoms with Gasteiger partial charge in [-0.15, -0.1) is 0 Å². The summed E-state index contributed by atoms with van der Waals surface area (Å²) in [5, 5.41) is 2.83. The van der Waals surface area contributed by atoms with E-state index in [9.17, 15) is 9.18 Å². The van der Waals surface area contributed by atoms with Crippen LogP contribution in [0, 0.1) is 12.7 Å². The third-order valence-electron chi connectivity index (χ3n) is 4.70. The van der Waals surface area contributed by atoms with E-state index in [0.29, 0.717) is 11.3 Å². The summed E-state index contributed by atoms with van der Waals surface area (Å²) < 4.78 is 13.6. The van der Waals surface area contributed by atoms with E-state index in [1.165, 1.54) is 22.1 Å². The monoisotopic (exact) mass is 313 g/mol. The maximum Gasteiger partial charge on any atom is 0.282 e. The van der Waals surface area contributed by atoms with Crippen LogP contribution in [-0.4, -0.2) is 18.5 Å². The molecule has 0 aromatic heterocycles. The molecular weight excluding hydrogens is 291 g/mol. The van der Waals surface area contributed by atoms with Crippen LogP contribution in [0.4, 0.5) is 10.1 Å². The number of carbonyl (C=O) groups excluding carboxylic acids is 1. The normalized spacial score (nSPS) is 18.1. The molecule has 0 saturated carbocycles. The van der Waals surface area contributed by atoms with Gasteiger partial charge in [0.25, 0.3) is 5.91 Å². The molecule has 0 bridgehead atoms. The average molecular weight is 313 g/mol. The lowest BCUT2D eigenvalue weighted by atomic mass is 9.99. The van der Waals surface area contributed by atoms with Gasteiger partial charge in [0.15, 0.2) is 6.04 Å². The van der Waals surface area contributed by atoms with Gasteiger partial charge in [-0.05, 0) is 37.1 Å². The molecule has 0 saturated heterocycles. The average Bonchev–Trinajstić information content (AvgIpc) is 2.57. The highest BCUT2D eigenvalue weighted by molar-refractivity contribution is 5.93. The first-order valence-corrected chi connectivity index (χ1v) is 8.03. The topological polar surface area (TPSA) is 33.5 Å². The van der Waals surface area contributed by atoms with Gasteiger partial charge in [-0.2, -0.15) is 0 Å². The minimum absolute atomic E-state index is 0.0670. The van der Waals surface area contributed by atoms with E-state index >= 15 is 0 Å². The van der Waals surface area contributed by atoms with Gasteiger partial charge in [0.05, 0.1) is 6.54 Å². The highest BCUT2D eigenvalue weighted by atomic mass is 19.1. The number of anilines is 1. The fourth-order valence-corrected chi connectivity index (χ4v) is 3.08. The first kappa shape index (κ1) is 15.7. The van der Waals surface area contributed by atoms with Crippen LogP contribution in [0.5, 0.6) is 0 Å². The Bertz CT molecular complexity index is 729. The Hall–Kier alpha value is -2.20. The molecule has 0 aliphatic carbocycles. The van der Waals surface area contributed by atoms with Crippen LogP contribution in [0.3, 0.4) is 0 Å². The van der Waals surface area contributed by atoms with Crippen LogP contribution in [0.1, 0.15) is 23.6 Å². The smallest absolute Gasteiger partial charge is 0.282 e. The molecule has 2 N–H and O–H groups in total. The molecule has 0 fully saturated rings. The zero-order valence-corrected chi connectivity index (χ0v) is 13.5. The number of halogens is 1. The Morgan fingerprint density at radius 1 is 1.22 bits per heavy atom. The molecule has 4 heteroatoms. The number of fused-ring (bicyclic) bond motifs is 1. The van der Waals surface area contributed by atoms with Crippen molar-refractivity contribution in [3.05, 3.63) is 65.0 Å². The van der Waals surface area contributed by atoms with E-state index in [4.69, 9.17) is 0 Å². The summed E-state index contributed by atoms with van der Waals surface area (Å²) in [5.74, 6) is -0.364. The first-order valence-electron chi connectivity index (χ1n) is 8.03. The largest absolute Gasteiger partial charge is 0.321 e. The minimum Gasteiger partial charge on any atom is -0.321 e. The van der Waals surface area contributed by atoms with Crippen LogP contribution in [-0.2, 0) is 17.8 Å². The van der Waals surface area contributed by atoms with E-state index < -0.39 is 0 Å². The Balaban J connectivity index is 1.67. The minimum atomic E-state index is -0.297. The van der Waals surface area contributed by atoms with Gasteiger partial charge in [-0.3, -0.25) is 4.79 Å². The number of quaternary nitrogens is 1. The number of aryl methyl sites for hydroxylation is 1. The quantitative estimate of drug-likeness (QED) is 0.894. The molecule has 1 unspecified atom stereocenters. The van der Waals surface area contributed by atoms with Gasteiger partial charge in [-0.1, -0.05) is 30.3 Å². The van der Waals surface area contributed by atoms with Gasteiger partial charge < -0.3 is 10.2 Å². The van der Waals surface area contributed by atoms with Crippen molar-refractivity contribution in [2.24, 2.45) is 0 Å². The third kappa shape index (κ3) is 3.42. The zero-order chi connectivity index (χ0) is 16.4. The number of carbonyl (C=O) groups is 1. The van der Waals surface area contributed by atoms with E-state index in [0.717, 1.165) is 19.5 Å². The van der Waals surface area contributed by atoms with Crippen molar-refractivity contribution in [1.29, 1.82) is 0 Å². The van der Waals surface area contributed by atoms with Crippen molar-refractivity contribution in [1.82, 2.24) is 0 Å². The Morgan fingerprint density at radius 2 is 1.96 bits per heavy atom. The Labute approximate surface area is 136 Å². The number of nitrogens with one attached hydrogen (secondary N) is 2. The molecule has 2 atom stereocenters. The van der Waals surface area contributed by atoms with Crippen LogP contribution >= 0.6 is 0 Å². The zero-order valence-electron chi connectivity index (χ0n) is 13.5. The lowest BCUT2D eigenvalue weighted by Gasteiger charge is -2.30. The fourth-order valence-electron chi connectivity index (χ4n) is 3.08. The fraction of sp³-hybridized carbons (Fsp3) is 0.316. The van der Waals surface area contributed by atoms with Crippen molar-refractivity contribution < 1.29 is 14.1 Å². The van der Waals surface area contributed by atoms with Crippen molar-refractivity contribution in [2.45, 2.75) is 32.9 Å². The molecule has 3 rings (SSSR count). The summed E-state index contributed by atoms with van der Waals surface area (Å²) in [6, 6.07) is 13.0. The molecule has 1 amide bonds. The predicted molar refractivity (Wildman–Crippen MR) is 88.9 cm³/mol. The molecule has 1 heterocycles. The van der Waals surface area contributed by atoms with Crippen molar-refractivity contribution in [3.63, 3.8) is 0 Å². The summed E-state index contributed by atoms with van der Waals surface area (Å²) in [4.78, 5) is 13.7. The van der Waals surface area contributed by atoms with Crippen LogP contribution in [0.15, 0.2) is 42.5 Å². The van der Waals surface area contributed by atoms with Gasteiger partial charge in [-0.25, -0.2) is 4.39 Å². The molecule has 0 spiro atoms. The predicted octanol–water partition coefficient (Wildman–Crippen LogP) is 2.10. The number of hydrogen-bond donors (Lipinski definition) is 2. The summed E-state index contributed by atoms with van der Waals surface area (Å²) in [6.07, 6.45) is 0.988. The lowest BCUT2D eigenvalue weighted by Crippen LogP contribution is -3.16. The summed E-state index contributed by atoms with van der Waals surface area (Å²) in [5.41, 5.74) is 3.79. The van der Waals surface area contributed by atoms with Crippen LogP contribution < -0.4 is 10.2 Å². The van der Waals surface area contributed by atoms with E-state index in [-0.39, 0.29) is 17.8 Å². The molecule has 1 aliphatic rings. The summed E-state index contributed by atoms with van der Waals surface area (Å²) in [6.45, 7) is 5.43. The van der Waals surface area contributed by atoms with Gasteiger partial charge >= 0.3 is 0 Å². The number of amides is 1. The van der Waals surface area contributed by atoms with E-state index in [2.05, 4.69) is 23.5 Å². The second-order valence-corrected chi connectivity index (χ2v) is 6.28. The third-order valence-corrected chi connectivity index (χ3v) is 4.70. The second-order valence-electron chi connectivity index (χ2n) is 6.28. The number of benzene rings is 2. The SMILES string of the molecule is Cc1ccc(NC(=O)[C@@H](C)[NH+]2CCc3ccccc3C2)cc1F. The van der Waals surface area contributed by atoms with Gasteiger partial charge in [0.2, 0.25) is 0 Å². The molecule has 0 radical (unpaired) electrons. The highest BCUT2D eigenvalue weighted by Crippen LogP contribution is 2.14. The number of hydrogen-bond acceptors (Lipinski definition) is 1. The van der Waals surface area contributed by atoms with Gasteiger partial charge in [0.1, 0.15) is 12.4 Å². The maximum atomic E-state index is 13.6. The lowest BCUT2D eigenvalue weighted by molar-refractivity contribution is -0.929. The molecule has 2 aromatic carbocycles.